The highest BCUT2D eigenvalue weighted by Crippen LogP contribution is 2.25. The first kappa shape index (κ1) is 43.3. The number of aliphatic hydroxyl groups is 1. The fourth-order valence-corrected chi connectivity index (χ4v) is 6.42. The fraction of sp³-hybridized carbons (Fsp3) is 0.600. The van der Waals surface area contributed by atoms with Crippen LogP contribution in [0.4, 0.5) is 0 Å². The Morgan fingerprint density at radius 2 is 1.43 bits per heavy atom. The van der Waals surface area contributed by atoms with E-state index in [0.717, 1.165) is 0 Å². The molecule has 3 rings (SSSR count). The lowest BCUT2D eigenvalue weighted by molar-refractivity contribution is -0.146. The number of nitrogens with one attached hydrogen (secondary N) is 5. The fourth-order valence-electron chi connectivity index (χ4n) is 6.42. The molecule has 2 heterocycles. The second-order valence-electron chi connectivity index (χ2n) is 13.3. The van der Waals surface area contributed by atoms with E-state index in [0.29, 0.717) is 63.7 Å². The lowest BCUT2D eigenvalue weighted by atomic mass is 10.0. The van der Waals surface area contributed by atoms with Crippen molar-refractivity contribution >= 4 is 47.3 Å². The number of amides is 7. The Balaban J connectivity index is 1.55. The number of carbonyl (C=O) groups excluding carboxylic acids is 7. The smallest absolute Gasteiger partial charge is 0.326 e. The molecule has 2 saturated heterocycles. The summed E-state index contributed by atoms with van der Waals surface area (Å²) < 4.78 is 0. The van der Waals surface area contributed by atoms with Crippen LogP contribution < -0.4 is 38.1 Å². The van der Waals surface area contributed by atoms with Gasteiger partial charge in [0.2, 0.25) is 41.4 Å². The molecule has 11 N–H and O–H groups in total. The number of aliphatic carboxylic acids is 1. The molecule has 7 amide bonds. The molecule has 1 aromatic rings. The molecule has 19 nitrogen and oxygen atoms in total. The zero-order valence-electron chi connectivity index (χ0n) is 30.5. The van der Waals surface area contributed by atoms with Gasteiger partial charge in [0, 0.05) is 19.5 Å². The Morgan fingerprint density at radius 1 is 0.796 bits per heavy atom. The van der Waals surface area contributed by atoms with E-state index in [1.54, 1.807) is 30.3 Å². The van der Waals surface area contributed by atoms with Crippen molar-refractivity contribution in [1.29, 1.82) is 0 Å². The van der Waals surface area contributed by atoms with Crippen LogP contribution in [0.5, 0.6) is 0 Å². The van der Waals surface area contributed by atoms with Crippen LogP contribution in [0.2, 0.25) is 0 Å². The molecular formula is C35H53N9O10. The number of likely N-dealkylation sites (tertiary alicyclic amines) is 2. The number of carboxylic acids is 1. The van der Waals surface area contributed by atoms with Gasteiger partial charge in [0.25, 0.3) is 0 Å². The molecule has 0 aromatic heterocycles. The van der Waals surface area contributed by atoms with E-state index in [1.165, 1.54) is 16.7 Å². The summed E-state index contributed by atoms with van der Waals surface area (Å²) in [5.41, 5.74) is 11.7. The molecule has 2 aliphatic heterocycles. The quantitative estimate of drug-likeness (QED) is 0.0584. The number of nitrogens with two attached hydrogens (primary N) is 2. The molecule has 54 heavy (non-hydrogen) atoms. The highest BCUT2D eigenvalue weighted by molar-refractivity contribution is 5.97. The van der Waals surface area contributed by atoms with Gasteiger partial charge in [-0.2, -0.15) is 0 Å². The number of carboxylic acid groups (broad SMARTS) is 1. The van der Waals surface area contributed by atoms with Crippen molar-refractivity contribution < 1.29 is 48.6 Å². The zero-order valence-corrected chi connectivity index (χ0v) is 30.5. The Kier molecular flexibility index (Phi) is 17.3. The Labute approximate surface area is 313 Å². The number of aliphatic hydroxyl groups excluding tert-OH is 1. The van der Waals surface area contributed by atoms with E-state index in [2.05, 4.69) is 26.6 Å². The normalized spacial score (nSPS) is 18.8. The Morgan fingerprint density at radius 3 is 2.06 bits per heavy atom. The monoisotopic (exact) mass is 759 g/mol. The number of hydrogen-bond acceptors (Lipinski definition) is 11. The molecule has 2 aliphatic rings. The first-order valence-corrected chi connectivity index (χ1v) is 18.2. The van der Waals surface area contributed by atoms with Crippen LogP contribution in [0.15, 0.2) is 30.3 Å². The van der Waals surface area contributed by atoms with Gasteiger partial charge in [0.15, 0.2) is 0 Å². The van der Waals surface area contributed by atoms with Gasteiger partial charge in [-0.25, -0.2) is 4.79 Å². The van der Waals surface area contributed by atoms with E-state index in [-0.39, 0.29) is 31.2 Å². The van der Waals surface area contributed by atoms with Crippen LogP contribution in [0.1, 0.15) is 57.4 Å². The van der Waals surface area contributed by atoms with Crippen LogP contribution in [0, 0.1) is 0 Å². The first-order chi connectivity index (χ1) is 25.8. The molecule has 0 unspecified atom stereocenters. The SMILES string of the molecule is C[C@H](NC(=O)[C@H](CO)NC(=O)CNC(=O)[C@@H]1CCCN1C(=O)[C@@H]1CCCN1C(=O)CN)C(=O)N[C@@H](Cc1ccccc1)C(=O)N[C@@H](CCCCN)C(=O)O. The maximum Gasteiger partial charge on any atom is 0.326 e. The molecule has 1 aromatic carbocycles. The lowest BCUT2D eigenvalue weighted by Crippen LogP contribution is -2.58. The van der Waals surface area contributed by atoms with Gasteiger partial charge in [-0.05, 0) is 64.0 Å². The maximum atomic E-state index is 13.3. The predicted octanol–water partition coefficient (Wildman–Crippen LogP) is -3.55. The van der Waals surface area contributed by atoms with Gasteiger partial charge in [-0.3, -0.25) is 33.6 Å². The maximum absolute atomic E-state index is 13.3. The molecule has 0 radical (unpaired) electrons. The standard InChI is InChI=1S/C35H53N9O10/c1-21(30(48)42-24(17-22-9-3-2-4-10-22)31(49)41-23(35(53)54)11-5-6-14-36)39-32(50)25(20-45)40-28(46)19-38-33(51)26-12-7-16-44(26)34(52)27-13-8-15-43(27)29(47)18-37/h2-4,9-10,21,23-27,45H,5-8,11-20,36-37H2,1H3,(H,38,51)(H,39,50)(H,40,46)(H,41,49)(H,42,48)(H,53,54)/t21-,23-,24-,25-,26-,27-/m0/s1. The zero-order chi connectivity index (χ0) is 39.8. The minimum Gasteiger partial charge on any atom is -0.480 e. The van der Waals surface area contributed by atoms with E-state index in [9.17, 15) is 48.6 Å². The Bertz CT molecular complexity index is 1500. The number of hydrogen-bond donors (Lipinski definition) is 9. The third kappa shape index (κ3) is 12.5. The van der Waals surface area contributed by atoms with Crippen molar-refractivity contribution in [3.8, 4) is 0 Å². The van der Waals surface area contributed by atoms with E-state index >= 15 is 0 Å². The number of carbonyl (C=O) groups is 8. The summed E-state index contributed by atoms with van der Waals surface area (Å²) in [7, 11) is 0. The molecule has 0 aliphatic carbocycles. The van der Waals surface area contributed by atoms with Gasteiger partial charge in [-0.1, -0.05) is 30.3 Å². The number of unbranched alkanes of at least 4 members (excludes halogenated alkanes) is 1. The minimum atomic E-state index is -1.52. The molecule has 298 valence electrons. The molecule has 6 atom stereocenters. The molecule has 0 bridgehead atoms. The van der Waals surface area contributed by atoms with E-state index in [4.69, 9.17) is 11.5 Å². The third-order valence-electron chi connectivity index (χ3n) is 9.36. The van der Waals surface area contributed by atoms with E-state index < -0.39 is 84.9 Å². The summed E-state index contributed by atoms with van der Waals surface area (Å²) in [6.07, 6.45) is 3.14. The molecule has 19 heteroatoms. The van der Waals surface area contributed by atoms with Crippen LogP contribution in [0.25, 0.3) is 0 Å². The van der Waals surface area contributed by atoms with Crippen molar-refractivity contribution in [3.63, 3.8) is 0 Å². The number of rotatable bonds is 20. The van der Waals surface area contributed by atoms with Crippen molar-refractivity contribution in [2.24, 2.45) is 11.5 Å². The summed E-state index contributed by atoms with van der Waals surface area (Å²) in [5.74, 6) is -5.87. The second kappa shape index (κ2) is 21.5. The van der Waals surface area contributed by atoms with Gasteiger partial charge in [0.1, 0.15) is 36.3 Å². The second-order valence-corrected chi connectivity index (χ2v) is 13.3. The topological polar surface area (TPSA) is 296 Å². The third-order valence-corrected chi connectivity index (χ3v) is 9.36. The number of nitrogens with zero attached hydrogens (tertiary/aromatic N) is 2. The van der Waals surface area contributed by atoms with E-state index in [1.807, 2.05) is 0 Å². The molecule has 2 fully saturated rings. The summed E-state index contributed by atoms with van der Waals surface area (Å²) >= 11 is 0. The van der Waals surface area contributed by atoms with Gasteiger partial charge >= 0.3 is 5.97 Å². The largest absolute Gasteiger partial charge is 0.480 e. The van der Waals surface area contributed by atoms with Gasteiger partial charge in [-0.15, -0.1) is 0 Å². The summed E-state index contributed by atoms with van der Waals surface area (Å²) in [5, 5.41) is 31.6. The predicted molar refractivity (Wildman–Crippen MR) is 193 cm³/mol. The minimum absolute atomic E-state index is 0.00895. The van der Waals surface area contributed by atoms with Crippen LogP contribution in [-0.4, -0.2) is 143 Å². The highest BCUT2D eigenvalue weighted by Gasteiger charge is 2.42. The number of benzene rings is 1. The average molecular weight is 760 g/mol. The van der Waals surface area contributed by atoms with Crippen molar-refractivity contribution in [1.82, 2.24) is 36.4 Å². The van der Waals surface area contributed by atoms with Crippen molar-refractivity contribution in [3.05, 3.63) is 35.9 Å². The van der Waals surface area contributed by atoms with Crippen molar-refractivity contribution in [2.45, 2.75) is 94.5 Å². The van der Waals surface area contributed by atoms with Gasteiger partial charge in [0.05, 0.1) is 19.7 Å². The summed E-state index contributed by atoms with van der Waals surface area (Å²) in [6, 6.07) is 1.90. The molecule has 0 saturated carbocycles. The highest BCUT2D eigenvalue weighted by atomic mass is 16.4. The van der Waals surface area contributed by atoms with Crippen LogP contribution in [-0.2, 0) is 44.8 Å². The van der Waals surface area contributed by atoms with Crippen LogP contribution in [0.3, 0.4) is 0 Å². The first-order valence-electron chi connectivity index (χ1n) is 18.2. The van der Waals surface area contributed by atoms with Gasteiger partial charge < -0.3 is 58.1 Å². The molecule has 0 spiro atoms. The van der Waals surface area contributed by atoms with Crippen LogP contribution >= 0.6 is 0 Å². The average Bonchev–Trinajstić information content (AvgIpc) is 3.86. The lowest BCUT2D eigenvalue weighted by Gasteiger charge is -2.30. The summed E-state index contributed by atoms with van der Waals surface area (Å²) in [6.45, 7) is 0.707. The Hall–Kier alpha value is -5.14. The van der Waals surface area contributed by atoms with Crippen molar-refractivity contribution in [2.75, 3.05) is 39.3 Å². The molecular weight excluding hydrogens is 706 g/mol. The summed E-state index contributed by atoms with van der Waals surface area (Å²) in [4.78, 5) is 105.